The quantitative estimate of drug-likeness (QED) is 0.246. The molecule has 0 spiro atoms. The van der Waals surface area contributed by atoms with Gasteiger partial charge < -0.3 is 19.9 Å². The van der Waals surface area contributed by atoms with E-state index >= 15 is 0 Å². The van der Waals surface area contributed by atoms with Crippen molar-refractivity contribution in [3.05, 3.63) is 59.7 Å². The van der Waals surface area contributed by atoms with Gasteiger partial charge in [0.05, 0.1) is 17.9 Å². The summed E-state index contributed by atoms with van der Waals surface area (Å²) in [4.78, 5) is 24.1. The number of rotatable bonds is 13. The average molecular weight is 494 g/mol. The molecule has 1 aliphatic heterocycles. The number of carbonyl (C=O) groups excluding carboxylic acids is 2. The monoisotopic (exact) mass is 493 g/mol. The Balaban J connectivity index is 1.41. The van der Waals surface area contributed by atoms with Crippen molar-refractivity contribution in [3.63, 3.8) is 0 Å². The fourth-order valence-electron chi connectivity index (χ4n) is 3.56. The van der Waals surface area contributed by atoms with E-state index in [0.717, 1.165) is 5.56 Å². The second-order valence-electron chi connectivity index (χ2n) is 8.11. The van der Waals surface area contributed by atoms with Gasteiger partial charge in [-0.3, -0.25) is 14.9 Å². The summed E-state index contributed by atoms with van der Waals surface area (Å²) >= 11 is 0. The number of aliphatic hydroxyl groups excluding tert-OH is 1. The Hall–Kier alpha value is -3.94. The minimum Gasteiger partial charge on any atom is -0.492 e. The Bertz CT molecular complexity index is 1110. The van der Waals surface area contributed by atoms with E-state index < -0.39 is 12.3 Å². The maximum Gasteiger partial charge on any atom is 0.261 e. The van der Waals surface area contributed by atoms with Crippen LogP contribution in [0, 0.1) is 11.3 Å². The molecule has 190 valence electrons. The molecule has 2 unspecified atom stereocenters. The molecule has 0 aromatic heterocycles. The third kappa shape index (κ3) is 7.80. The highest BCUT2D eigenvalue weighted by atomic mass is 16.5. The van der Waals surface area contributed by atoms with E-state index in [9.17, 15) is 14.7 Å². The van der Waals surface area contributed by atoms with Crippen molar-refractivity contribution < 1.29 is 24.2 Å². The Labute approximate surface area is 210 Å². The molecule has 10 heteroatoms. The third-order valence-electron chi connectivity index (χ3n) is 5.50. The van der Waals surface area contributed by atoms with Crippen molar-refractivity contribution in [1.29, 1.82) is 5.26 Å². The molecule has 4 N–H and O–H groups in total. The zero-order valence-corrected chi connectivity index (χ0v) is 20.2. The molecule has 1 heterocycles. The number of carbonyl (C=O) groups is 2. The molecule has 0 aliphatic carbocycles. The highest BCUT2D eigenvalue weighted by molar-refractivity contribution is 6.06. The first-order valence-electron chi connectivity index (χ1n) is 11.9. The van der Waals surface area contributed by atoms with E-state index in [2.05, 4.69) is 27.2 Å². The molecule has 1 aliphatic rings. The lowest BCUT2D eigenvalue weighted by Crippen LogP contribution is -2.43. The van der Waals surface area contributed by atoms with E-state index in [1.165, 1.54) is 0 Å². The summed E-state index contributed by atoms with van der Waals surface area (Å²) in [6.45, 7) is 2.75. The van der Waals surface area contributed by atoms with Gasteiger partial charge in [0.15, 0.2) is 6.10 Å². The molecule has 2 aromatic carbocycles. The van der Waals surface area contributed by atoms with Gasteiger partial charge in [-0.1, -0.05) is 31.2 Å². The number of amides is 2. The standard InChI is InChI=1S/C26H31N5O5/c1-2-21(36-23-10-6-4-8-19(23)20-11-12-25(33)31-30-20)26(34)29-15-14-28-24(32)13-16-35-22-9-5-3-7-18(22)17-27/h3-10,21,24,28,32H,2,11-16H2,1H3,(H,29,34)(H,31,33). The normalized spacial score (nSPS) is 14.6. The van der Waals surface area contributed by atoms with Crippen molar-refractivity contribution >= 4 is 17.5 Å². The second kappa shape index (κ2) is 13.8. The maximum absolute atomic E-state index is 12.7. The molecular weight excluding hydrogens is 462 g/mol. The first kappa shape index (κ1) is 26.7. The largest absolute Gasteiger partial charge is 0.492 e. The fourth-order valence-corrected chi connectivity index (χ4v) is 3.56. The molecule has 36 heavy (non-hydrogen) atoms. The van der Waals surface area contributed by atoms with Gasteiger partial charge >= 0.3 is 0 Å². The number of ether oxygens (including phenoxy) is 2. The number of hydrazone groups is 1. The zero-order valence-electron chi connectivity index (χ0n) is 20.2. The smallest absolute Gasteiger partial charge is 0.261 e. The second-order valence-corrected chi connectivity index (χ2v) is 8.11. The molecule has 0 saturated heterocycles. The van der Waals surface area contributed by atoms with Gasteiger partial charge in [0.1, 0.15) is 23.8 Å². The molecular formula is C26H31N5O5. The minimum atomic E-state index is -0.821. The average Bonchev–Trinajstić information content (AvgIpc) is 2.90. The predicted molar refractivity (Wildman–Crippen MR) is 133 cm³/mol. The lowest BCUT2D eigenvalue weighted by Gasteiger charge is -2.21. The van der Waals surface area contributed by atoms with Gasteiger partial charge in [-0.2, -0.15) is 10.4 Å². The van der Waals surface area contributed by atoms with Crippen molar-refractivity contribution in [2.24, 2.45) is 5.10 Å². The van der Waals surface area contributed by atoms with E-state index in [1.54, 1.807) is 30.3 Å². The zero-order chi connectivity index (χ0) is 25.8. The molecule has 2 aromatic rings. The van der Waals surface area contributed by atoms with Crippen LogP contribution in [0.3, 0.4) is 0 Å². The summed E-state index contributed by atoms with van der Waals surface area (Å²) in [5.74, 6) is 0.616. The van der Waals surface area contributed by atoms with Crippen molar-refractivity contribution in [1.82, 2.24) is 16.1 Å². The Kier molecular flexibility index (Phi) is 10.2. The van der Waals surface area contributed by atoms with Crippen molar-refractivity contribution in [2.75, 3.05) is 19.7 Å². The molecule has 0 saturated carbocycles. The summed E-state index contributed by atoms with van der Waals surface area (Å²) in [7, 11) is 0. The van der Waals surface area contributed by atoms with Gasteiger partial charge in [-0.05, 0) is 30.7 Å². The molecule has 2 amide bonds. The van der Waals surface area contributed by atoms with Crippen LogP contribution in [0.5, 0.6) is 11.5 Å². The fraction of sp³-hybridized carbons (Fsp3) is 0.385. The van der Waals surface area contributed by atoms with Crippen LogP contribution in [0.25, 0.3) is 0 Å². The van der Waals surface area contributed by atoms with Gasteiger partial charge in [-0.15, -0.1) is 0 Å². The first-order valence-corrected chi connectivity index (χ1v) is 11.9. The van der Waals surface area contributed by atoms with Crippen LogP contribution in [0.1, 0.15) is 43.7 Å². The van der Waals surface area contributed by atoms with Crippen LogP contribution >= 0.6 is 0 Å². The van der Waals surface area contributed by atoms with E-state index in [1.807, 2.05) is 25.1 Å². The lowest BCUT2D eigenvalue weighted by atomic mass is 10.0. The molecule has 10 nitrogen and oxygen atoms in total. The van der Waals surface area contributed by atoms with E-state index in [0.29, 0.717) is 61.5 Å². The highest BCUT2D eigenvalue weighted by Crippen LogP contribution is 2.24. The Morgan fingerprint density at radius 2 is 1.92 bits per heavy atom. The third-order valence-corrected chi connectivity index (χ3v) is 5.50. The summed E-state index contributed by atoms with van der Waals surface area (Å²) in [6.07, 6.45) is 0.0971. The van der Waals surface area contributed by atoms with Gasteiger partial charge in [0, 0.05) is 37.9 Å². The Morgan fingerprint density at radius 3 is 2.64 bits per heavy atom. The minimum absolute atomic E-state index is 0.126. The summed E-state index contributed by atoms with van der Waals surface area (Å²) in [5, 5.41) is 29.1. The van der Waals surface area contributed by atoms with E-state index in [-0.39, 0.29) is 18.4 Å². The molecule has 0 fully saturated rings. The molecule has 3 rings (SSSR count). The highest BCUT2D eigenvalue weighted by Gasteiger charge is 2.22. The summed E-state index contributed by atoms with van der Waals surface area (Å²) in [5.41, 5.74) is 4.38. The van der Waals surface area contributed by atoms with Gasteiger partial charge in [0.2, 0.25) is 5.91 Å². The van der Waals surface area contributed by atoms with E-state index in [4.69, 9.17) is 14.7 Å². The first-order chi connectivity index (χ1) is 17.5. The summed E-state index contributed by atoms with van der Waals surface area (Å²) in [6, 6.07) is 16.3. The summed E-state index contributed by atoms with van der Waals surface area (Å²) < 4.78 is 11.6. The van der Waals surface area contributed by atoms with Crippen LogP contribution in [-0.2, 0) is 9.59 Å². The molecule has 0 radical (unpaired) electrons. The van der Waals surface area contributed by atoms with Crippen LogP contribution < -0.4 is 25.5 Å². The Morgan fingerprint density at radius 1 is 1.17 bits per heavy atom. The number of benzene rings is 2. The van der Waals surface area contributed by atoms with Crippen LogP contribution in [0.4, 0.5) is 0 Å². The van der Waals surface area contributed by atoms with Crippen LogP contribution in [-0.4, -0.2) is 54.7 Å². The SMILES string of the molecule is CCC(Oc1ccccc1C1=NNC(=O)CC1)C(=O)NCCNC(O)CCOc1ccccc1C#N. The number of hydrogen-bond donors (Lipinski definition) is 4. The number of nitrogens with zero attached hydrogens (tertiary/aromatic N) is 2. The van der Waals surface area contributed by atoms with Gasteiger partial charge in [0.25, 0.3) is 5.91 Å². The lowest BCUT2D eigenvalue weighted by molar-refractivity contribution is -0.128. The number of para-hydroxylation sites is 2. The number of aliphatic hydroxyl groups is 1. The maximum atomic E-state index is 12.7. The number of nitriles is 1. The number of hydrogen-bond acceptors (Lipinski definition) is 8. The molecule has 0 bridgehead atoms. The van der Waals surface area contributed by atoms with Crippen LogP contribution in [0.2, 0.25) is 0 Å². The predicted octanol–water partition coefficient (Wildman–Crippen LogP) is 1.82. The van der Waals surface area contributed by atoms with Crippen LogP contribution in [0.15, 0.2) is 53.6 Å². The number of nitrogens with one attached hydrogen (secondary N) is 3. The topological polar surface area (TPSA) is 145 Å². The molecule has 2 atom stereocenters. The van der Waals surface area contributed by atoms with Crippen molar-refractivity contribution in [2.45, 2.75) is 44.9 Å². The van der Waals surface area contributed by atoms with Crippen molar-refractivity contribution in [3.8, 4) is 17.6 Å². The van der Waals surface area contributed by atoms with Gasteiger partial charge in [-0.25, -0.2) is 5.43 Å².